The lowest BCUT2D eigenvalue weighted by molar-refractivity contribution is -0.131. The summed E-state index contributed by atoms with van der Waals surface area (Å²) in [4.78, 5) is 43.3. The highest BCUT2D eigenvalue weighted by Gasteiger charge is 2.33. The Morgan fingerprint density at radius 2 is 1.86 bits per heavy atom. The minimum absolute atomic E-state index is 0.0786. The first-order valence-corrected chi connectivity index (χ1v) is 13.4. The number of nitrogens with zero attached hydrogens (tertiary/aromatic N) is 2. The molecule has 0 spiro atoms. The zero-order valence-electron chi connectivity index (χ0n) is 19.1. The van der Waals surface area contributed by atoms with Gasteiger partial charge in [-0.05, 0) is 35.9 Å². The van der Waals surface area contributed by atoms with Gasteiger partial charge in [-0.15, -0.1) is 11.3 Å². The van der Waals surface area contributed by atoms with E-state index in [9.17, 15) is 14.4 Å². The molecule has 3 aromatic rings. The molecule has 36 heavy (non-hydrogen) atoms. The summed E-state index contributed by atoms with van der Waals surface area (Å²) < 4.78 is 12.6. The Hall–Kier alpha value is -3.13. The number of rotatable bonds is 8. The van der Waals surface area contributed by atoms with Crippen LogP contribution in [0.1, 0.15) is 5.56 Å². The minimum atomic E-state index is -0.572. The molecule has 1 aliphatic heterocycles. The Morgan fingerprint density at radius 1 is 1.11 bits per heavy atom. The van der Waals surface area contributed by atoms with Crippen molar-refractivity contribution in [2.24, 2.45) is 0 Å². The van der Waals surface area contributed by atoms with E-state index in [2.05, 4.69) is 15.8 Å². The number of amides is 3. The maximum atomic E-state index is 12.8. The molecule has 1 fully saturated rings. The Bertz CT molecular complexity index is 1340. The summed E-state index contributed by atoms with van der Waals surface area (Å²) in [6.45, 7) is -0.320. The van der Waals surface area contributed by atoms with Crippen LogP contribution in [-0.4, -0.2) is 58.4 Å². The number of nitrogens with one attached hydrogen (secondary N) is 2. The molecule has 0 atom stereocenters. The van der Waals surface area contributed by atoms with Gasteiger partial charge in [0.05, 0.1) is 35.1 Å². The number of hydrogen-bond acceptors (Lipinski definition) is 10. The zero-order chi connectivity index (χ0) is 25.7. The molecule has 0 unspecified atom stereocenters. The van der Waals surface area contributed by atoms with E-state index < -0.39 is 17.7 Å². The van der Waals surface area contributed by atoms with Gasteiger partial charge in [0.25, 0.3) is 11.8 Å². The van der Waals surface area contributed by atoms with Gasteiger partial charge in [-0.2, -0.15) is 0 Å². The predicted octanol–water partition coefficient (Wildman–Crippen LogP) is 3.45. The number of methoxy groups -OCH3 is 2. The fraction of sp³-hybridized carbons (Fsp3) is 0.174. The van der Waals surface area contributed by atoms with E-state index in [-0.39, 0.29) is 16.6 Å². The number of thiazole rings is 1. The molecule has 1 aliphatic rings. The van der Waals surface area contributed by atoms with Gasteiger partial charge in [0.2, 0.25) is 5.91 Å². The number of thiocarbonyl (C=S) groups is 1. The van der Waals surface area contributed by atoms with Crippen LogP contribution < -0.4 is 20.3 Å². The SMILES string of the molecule is COc1ccc(/C=C2\SC(=S)N(CC(=O)NNC(=O)CSc3nc4ccccc4s3)C2=O)cc1OC. The molecule has 186 valence electrons. The molecule has 0 radical (unpaired) electrons. The molecule has 1 saturated heterocycles. The van der Waals surface area contributed by atoms with Crippen molar-refractivity contribution in [2.75, 3.05) is 26.5 Å². The van der Waals surface area contributed by atoms with Gasteiger partial charge in [-0.1, -0.05) is 53.9 Å². The number of benzene rings is 2. The molecule has 3 amide bonds. The second kappa shape index (κ2) is 11.7. The van der Waals surface area contributed by atoms with Crippen LogP contribution in [0.2, 0.25) is 0 Å². The second-order valence-electron chi connectivity index (χ2n) is 7.21. The number of thioether (sulfide) groups is 2. The molecule has 13 heteroatoms. The Balaban J connectivity index is 1.28. The average Bonchev–Trinajstić information content (AvgIpc) is 3.41. The third kappa shape index (κ3) is 6.16. The molecule has 2 aromatic carbocycles. The van der Waals surface area contributed by atoms with Crippen LogP contribution in [0.5, 0.6) is 11.5 Å². The van der Waals surface area contributed by atoms with E-state index in [1.807, 2.05) is 24.3 Å². The third-order valence-electron chi connectivity index (χ3n) is 4.82. The molecule has 2 N–H and O–H groups in total. The molecular formula is C23H20N4O5S4. The van der Waals surface area contributed by atoms with Gasteiger partial charge in [0.15, 0.2) is 15.8 Å². The lowest BCUT2D eigenvalue weighted by Crippen LogP contribution is -2.47. The number of aromatic nitrogens is 1. The number of hydrogen-bond donors (Lipinski definition) is 2. The highest BCUT2D eigenvalue weighted by Crippen LogP contribution is 2.34. The van der Waals surface area contributed by atoms with Crippen molar-refractivity contribution in [1.29, 1.82) is 0 Å². The van der Waals surface area contributed by atoms with Gasteiger partial charge in [0.1, 0.15) is 10.9 Å². The quantitative estimate of drug-likeness (QED) is 0.185. The molecule has 0 aliphatic carbocycles. The lowest BCUT2D eigenvalue weighted by atomic mass is 10.2. The summed E-state index contributed by atoms with van der Waals surface area (Å²) in [5, 5.41) is 0. The van der Waals surface area contributed by atoms with E-state index >= 15 is 0 Å². The molecule has 1 aromatic heterocycles. The van der Waals surface area contributed by atoms with Crippen LogP contribution in [0.25, 0.3) is 16.3 Å². The summed E-state index contributed by atoms with van der Waals surface area (Å²) in [5.74, 6) is -0.191. The maximum absolute atomic E-state index is 12.8. The second-order valence-corrected chi connectivity index (χ2v) is 11.1. The van der Waals surface area contributed by atoms with E-state index in [1.165, 1.54) is 42.2 Å². The summed E-state index contributed by atoms with van der Waals surface area (Å²) >= 11 is 9.15. The van der Waals surface area contributed by atoms with Crippen LogP contribution in [0.4, 0.5) is 0 Å². The van der Waals surface area contributed by atoms with Crippen LogP contribution in [0.3, 0.4) is 0 Å². The first-order valence-electron chi connectivity index (χ1n) is 10.4. The normalized spacial score (nSPS) is 14.4. The first kappa shape index (κ1) is 25.9. The molecule has 0 saturated carbocycles. The van der Waals surface area contributed by atoms with Crippen molar-refractivity contribution in [3.63, 3.8) is 0 Å². The van der Waals surface area contributed by atoms with Crippen molar-refractivity contribution >= 4 is 85.4 Å². The standard InChI is InChI=1S/C23H20N4O5S4/c1-31-15-8-7-13(9-16(15)32-2)10-18-21(30)27(23(33)36-18)11-19(28)25-26-20(29)12-34-22-24-14-5-3-4-6-17(14)35-22/h3-10H,11-12H2,1-2H3,(H,25,28)(H,26,29)/b18-10-. The van der Waals surface area contributed by atoms with E-state index in [0.29, 0.717) is 16.4 Å². The van der Waals surface area contributed by atoms with E-state index in [1.54, 1.807) is 24.3 Å². The first-order chi connectivity index (χ1) is 17.4. The Kier molecular flexibility index (Phi) is 8.46. The van der Waals surface area contributed by atoms with Crippen molar-refractivity contribution in [3.8, 4) is 11.5 Å². The van der Waals surface area contributed by atoms with Crippen LogP contribution in [0.15, 0.2) is 51.7 Å². The highest BCUT2D eigenvalue weighted by atomic mass is 32.2. The topological polar surface area (TPSA) is 110 Å². The maximum Gasteiger partial charge on any atom is 0.266 e. The number of hydrazine groups is 1. The van der Waals surface area contributed by atoms with Crippen LogP contribution in [-0.2, 0) is 14.4 Å². The van der Waals surface area contributed by atoms with Gasteiger partial charge in [-0.3, -0.25) is 30.1 Å². The number of carbonyl (C=O) groups is 3. The highest BCUT2D eigenvalue weighted by molar-refractivity contribution is 8.26. The Morgan fingerprint density at radius 3 is 2.61 bits per heavy atom. The van der Waals surface area contributed by atoms with Crippen LogP contribution >= 0.6 is 47.1 Å². The molecule has 9 nitrogen and oxygen atoms in total. The number of carbonyl (C=O) groups excluding carboxylic acids is 3. The third-order valence-corrected chi connectivity index (χ3v) is 8.38. The minimum Gasteiger partial charge on any atom is -0.493 e. The van der Waals surface area contributed by atoms with Crippen molar-refractivity contribution < 1.29 is 23.9 Å². The van der Waals surface area contributed by atoms with Gasteiger partial charge >= 0.3 is 0 Å². The van der Waals surface area contributed by atoms with Gasteiger partial charge in [-0.25, -0.2) is 4.98 Å². The zero-order valence-corrected chi connectivity index (χ0v) is 22.4. The molecular weight excluding hydrogens is 541 g/mol. The fourth-order valence-electron chi connectivity index (χ4n) is 3.13. The monoisotopic (exact) mass is 560 g/mol. The fourth-order valence-corrected chi connectivity index (χ4v) is 6.25. The van der Waals surface area contributed by atoms with Gasteiger partial charge < -0.3 is 9.47 Å². The number of fused-ring (bicyclic) bond motifs is 1. The summed E-state index contributed by atoms with van der Waals surface area (Å²) in [7, 11) is 3.07. The lowest BCUT2D eigenvalue weighted by Gasteiger charge is -2.14. The van der Waals surface area contributed by atoms with E-state index in [4.69, 9.17) is 21.7 Å². The summed E-state index contributed by atoms with van der Waals surface area (Å²) in [6, 6.07) is 13.0. The number of ether oxygens (including phenoxy) is 2. The molecule has 4 rings (SSSR count). The molecule has 2 heterocycles. The van der Waals surface area contributed by atoms with Crippen molar-refractivity contribution in [1.82, 2.24) is 20.7 Å². The summed E-state index contributed by atoms with van der Waals surface area (Å²) in [5.41, 5.74) is 6.27. The smallest absolute Gasteiger partial charge is 0.266 e. The number of para-hydroxylation sites is 1. The van der Waals surface area contributed by atoms with Crippen molar-refractivity contribution in [2.45, 2.75) is 4.34 Å². The molecule has 0 bridgehead atoms. The largest absolute Gasteiger partial charge is 0.493 e. The predicted molar refractivity (Wildman–Crippen MR) is 146 cm³/mol. The van der Waals surface area contributed by atoms with Crippen molar-refractivity contribution in [3.05, 3.63) is 52.9 Å². The van der Waals surface area contributed by atoms with E-state index in [0.717, 1.165) is 31.9 Å². The Labute approximate surface area is 224 Å². The van der Waals surface area contributed by atoms with Gasteiger partial charge in [0, 0.05) is 0 Å². The average molecular weight is 561 g/mol. The van der Waals surface area contributed by atoms with Crippen LogP contribution in [0, 0.1) is 0 Å². The summed E-state index contributed by atoms with van der Waals surface area (Å²) in [6.07, 6.45) is 1.67.